The normalized spacial score (nSPS) is 13.3. The number of esters is 1. The molecule has 1 aromatic heterocycles. The van der Waals surface area contributed by atoms with E-state index in [0.29, 0.717) is 5.56 Å². The number of benzene rings is 1. The molecule has 2 aromatic rings. The Morgan fingerprint density at radius 3 is 2.95 bits per heavy atom. The molecule has 0 radical (unpaired) electrons. The SMILES string of the molecule is COC(=O)c1ccc2c(c1)C(c1cccnc1)=NCC2. The first-order valence-corrected chi connectivity index (χ1v) is 6.46. The average molecular weight is 266 g/mol. The van der Waals surface area contributed by atoms with Gasteiger partial charge in [0.1, 0.15) is 0 Å². The molecule has 100 valence electrons. The van der Waals surface area contributed by atoms with E-state index in [9.17, 15) is 4.79 Å². The number of fused-ring (bicyclic) bond motifs is 1. The van der Waals surface area contributed by atoms with Crippen molar-refractivity contribution in [2.45, 2.75) is 6.42 Å². The molecule has 0 fully saturated rings. The summed E-state index contributed by atoms with van der Waals surface area (Å²) in [7, 11) is 1.39. The van der Waals surface area contributed by atoms with Crippen LogP contribution >= 0.6 is 0 Å². The number of carbonyl (C=O) groups is 1. The van der Waals surface area contributed by atoms with Crippen LogP contribution in [-0.2, 0) is 11.2 Å². The standard InChI is InChI=1S/C16H14N2O2/c1-20-16(19)12-5-4-11-6-8-18-15(14(11)9-12)13-3-2-7-17-10-13/h2-5,7,9-10H,6,8H2,1H3. The highest BCUT2D eigenvalue weighted by Gasteiger charge is 2.18. The number of hydrogen-bond acceptors (Lipinski definition) is 4. The molecule has 0 N–H and O–H groups in total. The summed E-state index contributed by atoms with van der Waals surface area (Å²) >= 11 is 0. The van der Waals surface area contributed by atoms with Gasteiger partial charge in [0.2, 0.25) is 0 Å². The Morgan fingerprint density at radius 2 is 2.20 bits per heavy atom. The number of methoxy groups -OCH3 is 1. The predicted octanol–water partition coefficient (Wildman–Crippen LogP) is 2.26. The quantitative estimate of drug-likeness (QED) is 0.783. The van der Waals surface area contributed by atoms with Gasteiger partial charge in [-0.15, -0.1) is 0 Å². The summed E-state index contributed by atoms with van der Waals surface area (Å²) in [5, 5.41) is 0. The lowest BCUT2D eigenvalue weighted by atomic mass is 9.92. The summed E-state index contributed by atoms with van der Waals surface area (Å²) in [6, 6.07) is 9.50. The van der Waals surface area contributed by atoms with Crippen molar-refractivity contribution in [3.8, 4) is 0 Å². The molecule has 20 heavy (non-hydrogen) atoms. The van der Waals surface area contributed by atoms with Gasteiger partial charge in [0, 0.05) is 30.1 Å². The fraction of sp³-hybridized carbons (Fsp3) is 0.188. The van der Waals surface area contributed by atoms with Gasteiger partial charge in [0.05, 0.1) is 18.4 Å². The van der Waals surface area contributed by atoms with Gasteiger partial charge in [0.15, 0.2) is 0 Å². The zero-order chi connectivity index (χ0) is 13.9. The molecular weight excluding hydrogens is 252 g/mol. The Hall–Kier alpha value is -2.49. The minimum atomic E-state index is -0.330. The van der Waals surface area contributed by atoms with Crippen molar-refractivity contribution < 1.29 is 9.53 Å². The molecule has 2 heterocycles. The number of nitrogens with zero attached hydrogens (tertiary/aromatic N) is 2. The summed E-state index contributed by atoms with van der Waals surface area (Å²) in [4.78, 5) is 20.4. The van der Waals surface area contributed by atoms with Crippen molar-refractivity contribution in [2.24, 2.45) is 4.99 Å². The summed E-state index contributed by atoms with van der Waals surface area (Å²) in [6.45, 7) is 0.759. The van der Waals surface area contributed by atoms with E-state index < -0.39 is 0 Å². The molecule has 3 rings (SSSR count). The van der Waals surface area contributed by atoms with Crippen LogP contribution in [0.15, 0.2) is 47.7 Å². The maximum atomic E-state index is 11.7. The van der Waals surface area contributed by atoms with Crippen molar-refractivity contribution in [3.63, 3.8) is 0 Å². The second-order valence-corrected chi connectivity index (χ2v) is 4.59. The second-order valence-electron chi connectivity index (χ2n) is 4.59. The van der Waals surface area contributed by atoms with Crippen molar-refractivity contribution in [1.82, 2.24) is 4.98 Å². The summed E-state index contributed by atoms with van der Waals surface area (Å²) in [6.07, 6.45) is 4.41. The van der Waals surface area contributed by atoms with Gasteiger partial charge >= 0.3 is 5.97 Å². The van der Waals surface area contributed by atoms with Crippen LogP contribution in [0.3, 0.4) is 0 Å². The van der Waals surface area contributed by atoms with Gasteiger partial charge in [0.25, 0.3) is 0 Å². The summed E-state index contributed by atoms with van der Waals surface area (Å²) < 4.78 is 4.78. The van der Waals surface area contributed by atoms with Gasteiger partial charge in [-0.3, -0.25) is 9.98 Å². The Morgan fingerprint density at radius 1 is 1.30 bits per heavy atom. The van der Waals surface area contributed by atoms with E-state index in [2.05, 4.69) is 9.98 Å². The number of aromatic nitrogens is 1. The fourth-order valence-corrected chi connectivity index (χ4v) is 2.38. The van der Waals surface area contributed by atoms with Gasteiger partial charge in [-0.05, 0) is 36.2 Å². The van der Waals surface area contributed by atoms with E-state index in [4.69, 9.17) is 4.74 Å². The van der Waals surface area contributed by atoms with Crippen LogP contribution in [0.1, 0.15) is 27.0 Å². The Kier molecular flexibility index (Phi) is 3.29. The third kappa shape index (κ3) is 2.20. The summed E-state index contributed by atoms with van der Waals surface area (Å²) in [5.74, 6) is -0.330. The lowest BCUT2D eigenvalue weighted by molar-refractivity contribution is 0.0600. The van der Waals surface area contributed by atoms with E-state index in [-0.39, 0.29) is 5.97 Å². The van der Waals surface area contributed by atoms with Crippen LogP contribution in [0, 0.1) is 0 Å². The zero-order valence-corrected chi connectivity index (χ0v) is 11.2. The molecule has 0 bridgehead atoms. The molecule has 1 aliphatic heterocycles. The average Bonchev–Trinajstić information content (AvgIpc) is 2.54. The largest absolute Gasteiger partial charge is 0.465 e. The van der Waals surface area contributed by atoms with Gasteiger partial charge in [-0.2, -0.15) is 0 Å². The Labute approximate surface area is 117 Å². The third-order valence-electron chi connectivity index (χ3n) is 3.37. The first-order chi connectivity index (χ1) is 9.79. The van der Waals surface area contributed by atoms with Crippen LogP contribution in [-0.4, -0.2) is 30.3 Å². The van der Waals surface area contributed by atoms with Crippen LogP contribution in [0.25, 0.3) is 0 Å². The van der Waals surface area contributed by atoms with E-state index >= 15 is 0 Å². The smallest absolute Gasteiger partial charge is 0.337 e. The maximum Gasteiger partial charge on any atom is 0.337 e. The topological polar surface area (TPSA) is 51.5 Å². The highest BCUT2D eigenvalue weighted by molar-refractivity contribution is 6.14. The third-order valence-corrected chi connectivity index (χ3v) is 3.37. The molecule has 1 aromatic carbocycles. The lowest BCUT2D eigenvalue weighted by Gasteiger charge is -2.17. The van der Waals surface area contributed by atoms with Crippen LogP contribution in [0.5, 0.6) is 0 Å². The number of pyridine rings is 1. The van der Waals surface area contributed by atoms with Gasteiger partial charge < -0.3 is 4.74 Å². The Bertz CT molecular complexity index is 678. The molecule has 0 unspecified atom stereocenters. The maximum absolute atomic E-state index is 11.7. The number of ether oxygens (including phenoxy) is 1. The number of carbonyl (C=O) groups excluding carboxylic acids is 1. The van der Waals surface area contributed by atoms with Crippen LogP contribution in [0.4, 0.5) is 0 Å². The van der Waals surface area contributed by atoms with E-state index in [1.165, 1.54) is 12.7 Å². The van der Waals surface area contributed by atoms with Crippen molar-refractivity contribution in [3.05, 3.63) is 65.0 Å². The van der Waals surface area contributed by atoms with Crippen molar-refractivity contribution in [1.29, 1.82) is 0 Å². The number of rotatable bonds is 2. The summed E-state index contributed by atoms with van der Waals surface area (Å²) in [5.41, 5.74) is 4.60. The fourth-order valence-electron chi connectivity index (χ4n) is 2.38. The molecular formula is C16H14N2O2. The highest BCUT2D eigenvalue weighted by atomic mass is 16.5. The minimum absolute atomic E-state index is 0.330. The monoisotopic (exact) mass is 266 g/mol. The second kappa shape index (κ2) is 5.25. The molecule has 0 aliphatic carbocycles. The molecule has 4 heteroatoms. The lowest BCUT2D eigenvalue weighted by Crippen LogP contribution is -2.16. The van der Waals surface area contributed by atoms with E-state index in [0.717, 1.165) is 29.8 Å². The molecule has 4 nitrogen and oxygen atoms in total. The van der Waals surface area contributed by atoms with Crippen molar-refractivity contribution >= 4 is 11.7 Å². The van der Waals surface area contributed by atoms with E-state index in [1.807, 2.05) is 24.3 Å². The first kappa shape index (κ1) is 12.5. The number of aliphatic imine (C=N–C) groups is 1. The van der Waals surface area contributed by atoms with E-state index in [1.54, 1.807) is 18.5 Å². The minimum Gasteiger partial charge on any atom is -0.465 e. The van der Waals surface area contributed by atoms with Crippen molar-refractivity contribution in [2.75, 3.05) is 13.7 Å². The highest BCUT2D eigenvalue weighted by Crippen LogP contribution is 2.22. The predicted molar refractivity (Wildman–Crippen MR) is 76.2 cm³/mol. The molecule has 0 atom stereocenters. The first-order valence-electron chi connectivity index (χ1n) is 6.46. The molecule has 1 aliphatic rings. The zero-order valence-electron chi connectivity index (χ0n) is 11.2. The molecule has 0 spiro atoms. The van der Waals surface area contributed by atoms with Gasteiger partial charge in [-0.25, -0.2) is 4.79 Å². The number of hydrogen-bond donors (Lipinski definition) is 0. The van der Waals surface area contributed by atoms with Gasteiger partial charge in [-0.1, -0.05) is 6.07 Å². The molecule has 0 amide bonds. The van der Waals surface area contributed by atoms with Crippen LogP contribution in [0.2, 0.25) is 0 Å². The Balaban J connectivity index is 2.09. The van der Waals surface area contributed by atoms with Crippen LogP contribution < -0.4 is 0 Å². The molecule has 0 saturated heterocycles. The molecule has 0 saturated carbocycles.